The maximum atomic E-state index is 5.73. The summed E-state index contributed by atoms with van der Waals surface area (Å²) in [5.41, 5.74) is 5.54. The Balaban J connectivity index is 1.82. The molecule has 2 aliphatic heterocycles. The Morgan fingerprint density at radius 2 is 2.42 bits per heavy atom. The van der Waals surface area contributed by atoms with Gasteiger partial charge in [-0.1, -0.05) is 0 Å². The van der Waals surface area contributed by atoms with Crippen LogP contribution in [-0.2, 0) is 4.74 Å². The molecule has 0 aliphatic carbocycles. The van der Waals surface area contributed by atoms with Crippen LogP contribution in [0, 0.1) is 0 Å². The number of fused-ring (bicyclic) bond motifs is 2. The molecule has 3 N–H and O–H groups in total. The third-order valence-corrected chi connectivity index (χ3v) is 2.96. The molecule has 70 valence electrons. The van der Waals surface area contributed by atoms with E-state index in [0.29, 0.717) is 30.8 Å². The van der Waals surface area contributed by atoms with E-state index in [2.05, 4.69) is 12.2 Å². The molecule has 0 aromatic rings. The Morgan fingerprint density at radius 1 is 1.58 bits per heavy atom. The normalized spacial score (nSPS) is 42.0. The summed E-state index contributed by atoms with van der Waals surface area (Å²) in [6.07, 6.45) is 4.70. The van der Waals surface area contributed by atoms with Crippen molar-refractivity contribution in [3.05, 3.63) is 0 Å². The summed E-state index contributed by atoms with van der Waals surface area (Å²) >= 11 is 0. The zero-order chi connectivity index (χ0) is 8.55. The molecule has 4 atom stereocenters. The monoisotopic (exact) mass is 170 g/mol. The van der Waals surface area contributed by atoms with Crippen molar-refractivity contribution in [1.82, 2.24) is 5.32 Å². The van der Waals surface area contributed by atoms with Crippen LogP contribution in [0.1, 0.15) is 26.2 Å². The van der Waals surface area contributed by atoms with Gasteiger partial charge in [-0.05, 0) is 26.2 Å². The number of hydrogen-bond donors (Lipinski definition) is 2. The predicted molar refractivity (Wildman–Crippen MR) is 48.0 cm³/mol. The minimum absolute atomic E-state index is 0.429. The molecule has 0 aromatic heterocycles. The van der Waals surface area contributed by atoms with Crippen LogP contribution in [-0.4, -0.2) is 30.8 Å². The van der Waals surface area contributed by atoms with Crippen molar-refractivity contribution in [3.8, 4) is 0 Å². The first-order valence-electron chi connectivity index (χ1n) is 4.91. The Kier molecular flexibility index (Phi) is 2.35. The van der Waals surface area contributed by atoms with Crippen molar-refractivity contribution in [2.75, 3.05) is 6.54 Å². The third kappa shape index (κ3) is 1.49. The summed E-state index contributed by atoms with van der Waals surface area (Å²) in [4.78, 5) is 0. The van der Waals surface area contributed by atoms with Crippen LogP contribution in [0.2, 0.25) is 0 Å². The first-order chi connectivity index (χ1) is 5.79. The largest absolute Gasteiger partial charge is 0.373 e. The molecule has 0 spiro atoms. The van der Waals surface area contributed by atoms with Gasteiger partial charge in [-0.25, -0.2) is 0 Å². The number of hydrogen-bond acceptors (Lipinski definition) is 3. The average molecular weight is 170 g/mol. The molecule has 4 unspecified atom stereocenters. The van der Waals surface area contributed by atoms with Crippen LogP contribution in [0.4, 0.5) is 0 Å². The van der Waals surface area contributed by atoms with E-state index in [4.69, 9.17) is 10.5 Å². The van der Waals surface area contributed by atoms with Crippen molar-refractivity contribution >= 4 is 0 Å². The quantitative estimate of drug-likeness (QED) is 0.638. The van der Waals surface area contributed by atoms with Crippen LogP contribution in [0.25, 0.3) is 0 Å². The van der Waals surface area contributed by atoms with E-state index in [1.54, 1.807) is 0 Å². The Labute approximate surface area is 73.7 Å². The Bertz CT molecular complexity index is 163. The molecular weight excluding hydrogens is 152 g/mol. The minimum Gasteiger partial charge on any atom is -0.373 e. The van der Waals surface area contributed by atoms with Gasteiger partial charge in [0.15, 0.2) is 0 Å². The molecular formula is C9H18N2O. The smallest absolute Gasteiger partial charge is 0.0733 e. The zero-order valence-electron chi connectivity index (χ0n) is 7.62. The highest BCUT2D eigenvalue weighted by atomic mass is 16.5. The van der Waals surface area contributed by atoms with Gasteiger partial charge >= 0.3 is 0 Å². The lowest BCUT2D eigenvalue weighted by molar-refractivity contribution is 0.0964. The van der Waals surface area contributed by atoms with Crippen molar-refractivity contribution in [2.45, 2.75) is 50.5 Å². The van der Waals surface area contributed by atoms with Crippen molar-refractivity contribution in [1.29, 1.82) is 0 Å². The van der Waals surface area contributed by atoms with Gasteiger partial charge in [0.25, 0.3) is 0 Å². The SMILES string of the molecule is CC(CN)NC1CC2CCC1O2. The highest BCUT2D eigenvalue weighted by Crippen LogP contribution is 2.34. The van der Waals surface area contributed by atoms with Crippen LogP contribution in [0.5, 0.6) is 0 Å². The van der Waals surface area contributed by atoms with Gasteiger partial charge in [0.1, 0.15) is 0 Å². The molecule has 2 aliphatic rings. The molecule has 2 fully saturated rings. The number of nitrogens with one attached hydrogen (secondary N) is 1. The molecule has 0 saturated carbocycles. The fourth-order valence-electron chi connectivity index (χ4n) is 2.25. The number of nitrogens with two attached hydrogens (primary N) is 1. The first kappa shape index (κ1) is 8.48. The topological polar surface area (TPSA) is 47.3 Å². The minimum atomic E-state index is 0.429. The van der Waals surface area contributed by atoms with E-state index in [0.717, 1.165) is 0 Å². The van der Waals surface area contributed by atoms with Crippen LogP contribution < -0.4 is 11.1 Å². The fourth-order valence-corrected chi connectivity index (χ4v) is 2.25. The van der Waals surface area contributed by atoms with Crippen molar-refractivity contribution in [2.24, 2.45) is 5.73 Å². The summed E-state index contributed by atoms with van der Waals surface area (Å²) in [6.45, 7) is 2.85. The molecule has 2 rings (SSSR count). The standard InChI is InChI=1S/C9H18N2O/c1-6(5-10)11-8-4-7-2-3-9(8)12-7/h6-9,11H,2-5,10H2,1H3. The maximum Gasteiger partial charge on any atom is 0.0733 e. The van der Waals surface area contributed by atoms with E-state index < -0.39 is 0 Å². The number of rotatable bonds is 3. The lowest BCUT2D eigenvalue weighted by Gasteiger charge is -2.23. The van der Waals surface area contributed by atoms with Gasteiger partial charge < -0.3 is 15.8 Å². The fraction of sp³-hybridized carbons (Fsp3) is 1.00. The Hall–Kier alpha value is -0.120. The summed E-state index contributed by atoms with van der Waals surface area (Å²) in [5.74, 6) is 0. The van der Waals surface area contributed by atoms with E-state index in [1.165, 1.54) is 19.3 Å². The van der Waals surface area contributed by atoms with Crippen LogP contribution in [0.15, 0.2) is 0 Å². The summed E-state index contributed by atoms with van der Waals surface area (Å²) in [7, 11) is 0. The molecule has 2 bridgehead atoms. The van der Waals surface area contributed by atoms with E-state index in [-0.39, 0.29) is 0 Å². The van der Waals surface area contributed by atoms with Gasteiger partial charge in [0.05, 0.1) is 12.2 Å². The van der Waals surface area contributed by atoms with Crippen LogP contribution in [0.3, 0.4) is 0 Å². The van der Waals surface area contributed by atoms with E-state index in [1.807, 2.05) is 0 Å². The molecule has 2 saturated heterocycles. The highest BCUT2D eigenvalue weighted by Gasteiger charge is 2.40. The second-order valence-corrected chi connectivity index (χ2v) is 4.02. The second kappa shape index (κ2) is 3.32. The number of ether oxygens (including phenoxy) is 1. The predicted octanol–water partition coefficient (Wildman–Crippen LogP) is 0.243. The molecule has 2 heterocycles. The first-order valence-corrected chi connectivity index (χ1v) is 4.91. The van der Waals surface area contributed by atoms with Crippen molar-refractivity contribution in [3.63, 3.8) is 0 Å². The Morgan fingerprint density at radius 3 is 2.92 bits per heavy atom. The second-order valence-electron chi connectivity index (χ2n) is 4.02. The van der Waals surface area contributed by atoms with Gasteiger partial charge in [0.2, 0.25) is 0 Å². The molecule has 0 amide bonds. The zero-order valence-corrected chi connectivity index (χ0v) is 7.62. The van der Waals surface area contributed by atoms with Gasteiger partial charge in [0, 0.05) is 18.6 Å². The maximum absolute atomic E-state index is 5.73. The molecule has 12 heavy (non-hydrogen) atoms. The highest BCUT2D eigenvalue weighted by molar-refractivity contribution is 4.94. The molecule has 0 radical (unpaired) electrons. The van der Waals surface area contributed by atoms with Gasteiger partial charge in [-0.15, -0.1) is 0 Å². The lowest BCUT2D eigenvalue weighted by Crippen LogP contribution is -2.45. The van der Waals surface area contributed by atoms with Gasteiger partial charge in [-0.3, -0.25) is 0 Å². The van der Waals surface area contributed by atoms with Crippen molar-refractivity contribution < 1.29 is 4.74 Å². The summed E-state index contributed by atoms with van der Waals surface area (Å²) in [6, 6.07) is 1.00. The lowest BCUT2D eigenvalue weighted by atomic mass is 9.95. The van der Waals surface area contributed by atoms with Gasteiger partial charge in [-0.2, -0.15) is 0 Å². The summed E-state index contributed by atoms with van der Waals surface area (Å²) in [5, 5.41) is 3.51. The van der Waals surface area contributed by atoms with E-state index in [9.17, 15) is 0 Å². The summed E-state index contributed by atoms with van der Waals surface area (Å²) < 4.78 is 5.73. The van der Waals surface area contributed by atoms with E-state index >= 15 is 0 Å². The average Bonchev–Trinajstić information content (AvgIpc) is 2.64. The molecule has 0 aromatic carbocycles. The van der Waals surface area contributed by atoms with Crippen LogP contribution >= 0.6 is 0 Å². The third-order valence-electron chi connectivity index (χ3n) is 2.96. The molecule has 3 nitrogen and oxygen atoms in total. The molecule has 3 heteroatoms.